The molecule has 2 nitrogen and oxygen atoms in total. The summed E-state index contributed by atoms with van der Waals surface area (Å²) in [5.41, 5.74) is 8.64. The molecule has 1 aromatic rings. The Labute approximate surface area is 129 Å². The summed E-state index contributed by atoms with van der Waals surface area (Å²) in [6, 6.07) is 6.94. The number of nitrogens with zero attached hydrogens (tertiary/aromatic N) is 1. The molecule has 0 aliphatic carbocycles. The quantitative estimate of drug-likeness (QED) is 0.910. The Morgan fingerprint density at radius 1 is 1.47 bits per heavy atom. The zero-order valence-corrected chi connectivity index (χ0v) is 14.4. The van der Waals surface area contributed by atoms with E-state index in [1.807, 2.05) is 0 Å². The summed E-state index contributed by atoms with van der Waals surface area (Å²) in [4.78, 5) is 2.54. The van der Waals surface area contributed by atoms with Crippen LogP contribution in [0.5, 0.6) is 0 Å². The van der Waals surface area contributed by atoms with Crippen molar-refractivity contribution >= 4 is 27.7 Å². The molecule has 1 fully saturated rings. The van der Waals surface area contributed by atoms with Gasteiger partial charge in [-0.1, -0.05) is 28.1 Å². The summed E-state index contributed by atoms with van der Waals surface area (Å²) in [5.74, 6) is 1.19. The number of aryl methyl sites for hydroxylation is 1. The Kier molecular flexibility index (Phi) is 4.99. The molecule has 0 amide bonds. The number of benzene rings is 1. The third kappa shape index (κ3) is 3.75. The molecule has 4 heteroatoms. The summed E-state index contributed by atoms with van der Waals surface area (Å²) < 4.78 is 1.50. The van der Waals surface area contributed by atoms with Gasteiger partial charge in [-0.2, -0.15) is 11.8 Å². The van der Waals surface area contributed by atoms with Crippen LogP contribution >= 0.6 is 27.7 Å². The second-order valence-corrected chi connectivity index (χ2v) is 8.50. The minimum Gasteiger partial charge on any atom is -0.329 e. The SMILES string of the molecule is Cc1ccc(C(CN)N2CCSC(C)(C)C2)cc1Br. The van der Waals surface area contributed by atoms with Gasteiger partial charge in [-0.05, 0) is 38.0 Å². The fraction of sp³-hybridized carbons (Fsp3) is 0.600. The first-order valence-corrected chi connectivity index (χ1v) is 8.55. The summed E-state index contributed by atoms with van der Waals surface area (Å²) in [5, 5.41) is 0. The van der Waals surface area contributed by atoms with Gasteiger partial charge in [0.1, 0.15) is 0 Å². The predicted octanol–water partition coefficient (Wildman–Crippen LogP) is 3.58. The van der Waals surface area contributed by atoms with Crippen molar-refractivity contribution in [2.45, 2.75) is 31.6 Å². The van der Waals surface area contributed by atoms with E-state index >= 15 is 0 Å². The lowest BCUT2D eigenvalue weighted by Gasteiger charge is -2.41. The summed E-state index contributed by atoms with van der Waals surface area (Å²) in [7, 11) is 0. The highest BCUT2D eigenvalue weighted by atomic mass is 79.9. The van der Waals surface area contributed by atoms with Crippen LogP contribution in [0, 0.1) is 6.92 Å². The highest BCUT2D eigenvalue weighted by Crippen LogP contribution is 2.34. The Hall–Kier alpha value is -0.0300. The molecule has 2 N–H and O–H groups in total. The highest BCUT2D eigenvalue weighted by molar-refractivity contribution is 9.10. The Morgan fingerprint density at radius 2 is 2.21 bits per heavy atom. The van der Waals surface area contributed by atoms with Crippen LogP contribution in [0.25, 0.3) is 0 Å². The molecule has 1 saturated heterocycles. The minimum atomic E-state index is 0.327. The number of hydrogen-bond donors (Lipinski definition) is 1. The molecule has 0 spiro atoms. The first-order valence-electron chi connectivity index (χ1n) is 6.77. The van der Waals surface area contributed by atoms with Crippen molar-refractivity contribution in [3.63, 3.8) is 0 Å². The second-order valence-electron chi connectivity index (χ2n) is 5.84. The molecule has 1 aliphatic rings. The van der Waals surface area contributed by atoms with Crippen molar-refractivity contribution in [2.75, 3.05) is 25.4 Å². The van der Waals surface area contributed by atoms with Crippen molar-refractivity contribution < 1.29 is 0 Å². The number of rotatable bonds is 3. The van der Waals surface area contributed by atoms with Crippen LogP contribution in [0.15, 0.2) is 22.7 Å². The van der Waals surface area contributed by atoms with Gasteiger partial charge in [0, 0.05) is 40.6 Å². The molecule has 1 aliphatic heterocycles. The number of thioether (sulfide) groups is 1. The third-order valence-corrected chi connectivity index (χ3v) is 5.85. The summed E-state index contributed by atoms with van der Waals surface area (Å²) >= 11 is 5.69. The van der Waals surface area contributed by atoms with E-state index in [0.29, 0.717) is 17.3 Å². The molecule has 1 unspecified atom stereocenters. The van der Waals surface area contributed by atoms with Crippen molar-refractivity contribution in [2.24, 2.45) is 5.73 Å². The van der Waals surface area contributed by atoms with Gasteiger partial charge in [0.25, 0.3) is 0 Å². The number of nitrogens with two attached hydrogens (primary N) is 1. The molecule has 1 aromatic carbocycles. The zero-order chi connectivity index (χ0) is 14.0. The molecule has 0 aromatic heterocycles. The van der Waals surface area contributed by atoms with E-state index in [2.05, 4.69) is 71.6 Å². The average molecular weight is 343 g/mol. The fourth-order valence-corrected chi connectivity index (χ4v) is 4.16. The fourth-order valence-electron chi connectivity index (χ4n) is 2.63. The maximum absolute atomic E-state index is 6.05. The van der Waals surface area contributed by atoms with E-state index in [4.69, 9.17) is 5.73 Å². The highest BCUT2D eigenvalue weighted by Gasteiger charge is 2.31. The molecular weight excluding hydrogens is 320 g/mol. The molecule has 0 bridgehead atoms. The summed E-state index contributed by atoms with van der Waals surface area (Å²) in [6.07, 6.45) is 0. The topological polar surface area (TPSA) is 29.3 Å². The normalized spacial score (nSPS) is 21.3. The molecule has 19 heavy (non-hydrogen) atoms. The van der Waals surface area contributed by atoms with Gasteiger partial charge in [0.2, 0.25) is 0 Å². The van der Waals surface area contributed by atoms with Crippen molar-refractivity contribution in [3.8, 4) is 0 Å². The van der Waals surface area contributed by atoms with Crippen LogP contribution in [0.2, 0.25) is 0 Å². The van der Waals surface area contributed by atoms with E-state index in [1.54, 1.807) is 0 Å². The van der Waals surface area contributed by atoms with E-state index in [1.165, 1.54) is 21.4 Å². The third-order valence-electron chi connectivity index (χ3n) is 3.70. The Morgan fingerprint density at radius 3 is 2.79 bits per heavy atom. The number of halogens is 1. The standard InChI is InChI=1S/C15H23BrN2S/c1-11-4-5-12(8-13(11)16)14(9-17)18-6-7-19-15(2,3)10-18/h4-5,8,14H,6-7,9-10,17H2,1-3H3. The van der Waals surface area contributed by atoms with Crippen LogP contribution in [0.4, 0.5) is 0 Å². The van der Waals surface area contributed by atoms with Crippen LogP contribution in [-0.4, -0.2) is 35.0 Å². The maximum Gasteiger partial charge on any atom is 0.0471 e. The first-order chi connectivity index (χ1) is 8.93. The van der Waals surface area contributed by atoms with Gasteiger partial charge < -0.3 is 5.73 Å². The van der Waals surface area contributed by atoms with Crippen LogP contribution < -0.4 is 5.73 Å². The van der Waals surface area contributed by atoms with Crippen molar-refractivity contribution in [1.82, 2.24) is 4.90 Å². The van der Waals surface area contributed by atoms with Gasteiger partial charge in [-0.25, -0.2) is 0 Å². The number of hydrogen-bond acceptors (Lipinski definition) is 3. The van der Waals surface area contributed by atoms with E-state index in [-0.39, 0.29) is 0 Å². The van der Waals surface area contributed by atoms with Gasteiger partial charge >= 0.3 is 0 Å². The van der Waals surface area contributed by atoms with Crippen LogP contribution in [0.1, 0.15) is 31.0 Å². The minimum absolute atomic E-state index is 0.327. The molecule has 1 atom stereocenters. The molecule has 1 heterocycles. The second kappa shape index (κ2) is 6.17. The van der Waals surface area contributed by atoms with E-state index in [0.717, 1.165) is 13.1 Å². The lowest BCUT2D eigenvalue weighted by molar-refractivity contribution is 0.192. The lowest BCUT2D eigenvalue weighted by atomic mass is 10.0. The molecular formula is C15H23BrN2S. The van der Waals surface area contributed by atoms with E-state index < -0.39 is 0 Å². The molecule has 0 radical (unpaired) electrons. The van der Waals surface area contributed by atoms with E-state index in [9.17, 15) is 0 Å². The summed E-state index contributed by atoms with van der Waals surface area (Å²) in [6.45, 7) is 9.67. The lowest BCUT2D eigenvalue weighted by Crippen LogP contribution is -2.46. The molecule has 2 rings (SSSR count). The first kappa shape index (κ1) is 15.4. The van der Waals surface area contributed by atoms with Crippen molar-refractivity contribution in [1.29, 1.82) is 0 Å². The van der Waals surface area contributed by atoms with Gasteiger partial charge in [0.15, 0.2) is 0 Å². The van der Waals surface area contributed by atoms with Gasteiger partial charge in [-0.15, -0.1) is 0 Å². The maximum atomic E-state index is 6.05. The smallest absolute Gasteiger partial charge is 0.0471 e. The van der Waals surface area contributed by atoms with Gasteiger partial charge in [-0.3, -0.25) is 4.90 Å². The van der Waals surface area contributed by atoms with Gasteiger partial charge in [0.05, 0.1) is 0 Å². The largest absolute Gasteiger partial charge is 0.329 e. The zero-order valence-electron chi connectivity index (χ0n) is 11.9. The van der Waals surface area contributed by atoms with Crippen molar-refractivity contribution in [3.05, 3.63) is 33.8 Å². The van der Waals surface area contributed by atoms with Crippen LogP contribution in [0.3, 0.4) is 0 Å². The average Bonchev–Trinajstić information content (AvgIpc) is 2.33. The Balaban J connectivity index is 2.21. The molecule has 106 valence electrons. The predicted molar refractivity (Wildman–Crippen MR) is 88.8 cm³/mol. The molecule has 0 saturated carbocycles. The monoisotopic (exact) mass is 342 g/mol. The Bertz CT molecular complexity index is 448. The van der Waals surface area contributed by atoms with Crippen LogP contribution in [-0.2, 0) is 0 Å².